The molecule has 0 N–H and O–H groups in total. The van der Waals surface area contributed by atoms with Gasteiger partial charge in [-0.1, -0.05) is 25.1 Å². The van der Waals surface area contributed by atoms with Crippen molar-refractivity contribution >= 4 is 30.8 Å². The highest BCUT2D eigenvalue weighted by atomic mass is 32.2. The highest BCUT2D eigenvalue weighted by molar-refractivity contribution is 7.92. The summed E-state index contributed by atoms with van der Waals surface area (Å²) in [6.45, 7) is 2.18. The van der Waals surface area contributed by atoms with E-state index in [1.165, 1.54) is 10.4 Å². The molecule has 1 aliphatic heterocycles. The van der Waals surface area contributed by atoms with Crippen molar-refractivity contribution in [3.63, 3.8) is 0 Å². The lowest BCUT2D eigenvalue weighted by Gasteiger charge is -2.27. The number of benzene rings is 1. The molecule has 1 aliphatic rings. The van der Waals surface area contributed by atoms with Crippen LogP contribution in [0.3, 0.4) is 0 Å². The van der Waals surface area contributed by atoms with Crippen LogP contribution in [0.15, 0.2) is 41.4 Å². The summed E-state index contributed by atoms with van der Waals surface area (Å²) in [4.78, 5) is 4.36. The summed E-state index contributed by atoms with van der Waals surface area (Å²) < 4.78 is 51.4. The number of pyridine rings is 1. The van der Waals surface area contributed by atoms with E-state index in [1.54, 1.807) is 18.3 Å². The number of rotatable bonds is 5. The van der Waals surface area contributed by atoms with Gasteiger partial charge in [0.2, 0.25) is 10.0 Å². The van der Waals surface area contributed by atoms with Crippen LogP contribution in [0.1, 0.15) is 19.8 Å². The summed E-state index contributed by atoms with van der Waals surface area (Å²) in [6.07, 6.45) is 2.53. The maximum absolute atomic E-state index is 13.2. The van der Waals surface area contributed by atoms with Crippen molar-refractivity contribution in [2.75, 3.05) is 18.1 Å². The molecule has 130 valence electrons. The second kappa shape index (κ2) is 6.42. The van der Waals surface area contributed by atoms with E-state index in [0.29, 0.717) is 24.9 Å². The number of fused-ring (bicyclic) bond motifs is 1. The molecule has 0 bridgehead atoms. The van der Waals surface area contributed by atoms with Gasteiger partial charge >= 0.3 is 0 Å². The van der Waals surface area contributed by atoms with Crippen molar-refractivity contribution in [2.24, 2.45) is 0 Å². The fourth-order valence-electron chi connectivity index (χ4n) is 3.13. The summed E-state index contributed by atoms with van der Waals surface area (Å²) in [5.74, 6) is -0.0639. The second-order valence-electron chi connectivity index (χ2n) is 6.00. The molecule has 1 aromatic carbocycles. The fraction of sp³-hybridized carbons (Fsp3) is 0.438. The van der Waals surface area contributed by atoms with Crippen LogP contribution in [0, 0.1) is 0 Å². The SMILES string of the molecule is CCCN([C@@H]1CCS(=O)(=O)C1)S(=O)(=O)c1cccc2cccnc12. The molecule has 0 radical (unpaired) electrons. The quantitative estimate of drug-likeness (QED) is 0.804. The van der Waals surface area contributed by atoms with Gasteiger partial charge in [-0.15, -0.1) is 0 Å². The van der Waals surface area contributed by atoms with Crippen molar-refractivity contribution < 1.29 is 16.8 Å². The Bertz CT molecular complexity index is 950. The first-order chi connectivity index (χ1) is 11.3. The number of hydrogen-bond acceptors (Lipinski definition) is 5. The van der Waals surface area contributed by atoms with E-state index in [2.05, 4.69) is 4.98 Å². The predicted molar refractivity (Wildman–Crippen MR) is 93.0 cm³/mol. The molecule has 0 saturated carbocycles. The van der Waals surface area contributed by atoms with E-state index >= 15 is 0 Å². The third kappa shape index (κ3) is 3.18. The minimum absolute atomic E-state index is 0.0428. The Morgan fingerprint density at radius 3 is 2.67 bits per heavy atom. The lowest BCUT2D eigenvalue weighted by Crippen LogP contribution is -2.41. The molecule has 0 aliphatic carbocycles. The third-order valence-electron chi connectivity index (χ3n) is 4.24. The average molecular weight is 368 g/mol. The lowest BCUT2D eigenvalue weighted by atomic mass is 10.2. The van der Waals surface area contributed by atoms with Gasteiger partial charge in [-0.3, -0.25) is 4.98 Å². The van der Waals surface area contributed by atoms with Crippen LogP contribution in [0.5, 0.6) is 0 Å². The highest BCUT2D eigenvalue weighted by Gasteiger charge is 2.38. The zero-order valence-electron chi connectivity index (χ0n) is 13.4. The Balaban J connectivity index is 2.09. The first-order valence-corrected chi connectivity index (χ1v) is 11.2. The Labute approximate surface area is 142 Å². The molecule has 0 spiro atoms. The number of hydrogen-bond donors (Lipinski definition) is 0. The van der Waals surface area contributed by atoms with E-state index in [1.807, 2.05) is 19.1 Å². The number of aromatic nitrogens is 1. The van der Waals surface area contributed by atoms with Gasteiger partial charge in [0.05, 0.1) is 17.0 Å². The molecule has 6 nitrogen and oxygen atoms in total. The monoisotopic (exact) mass is 368 g/mol. The van der Waals surface area contributed by atoms with Gasteiger partial charge in [0, 0.05) is 24.2 Å². The maximum atomic E-state index is 13.2. The van der Waals surface area contributed by atoms with Gasteiger partial charge in [0.1, 0.15) is 4.90 Å². The van der Waals surface area contributed by atoms with Gasteiger partial charge in [0.15, 0.2) is 9.84 Å². The minimum atomic E-state index is -3.82. The van der Waals surface area contributed by atoms with Gasteiger partial charge in [0.25, 0.3) is 0 Å². The van der Waals surface area contributed by atoms with Crippen molar-refractivity contribution in [3.05, 3.63) is 36.5 Å². The molecule has 3 rings (SSSR count). The fourth-order valence-corrected chi connectivity index (χ4v) is 6.87. The summed E-state index contributed by atoms with van der Waals surface area (Å²) >= 11 is 0. The van der Waals surface area contributed by atoms with Crippen LogP contribution in [0.25, 0.3) is 10.9 Å². The molecule has 24 heavy (non-hydrogen) atoms. The predicted octanol–water partition coefficient (Wildman–Crippen LogP) is 1.82. The third-order valence-corrected chi connectivity index (χ3v) is 7.98. The number of sulfonamides is 1. The van der Waals surface area contributed by atoms with E-state index in [0.717, 1.165) is 5.39 Å². The topological polar surface area (TPSA) is 84.4 Å². The van der Waals surface area contributed by atoms with Crippen molar-refractivity contribution in [1.82, 2.24) is 9.29 Å². The molecule has 1 fully saturated rings. The zero-order valence-corrected chi connectivity index (χ0v) is 15.1. The Hall–Kier alpha value is -1.51. The Morgan fingerprint density at radius 2 is 2.00 bits per heavy atom. The minimum Gasteiger partial charge on any atom is -0.255 e. The molecule has 8 heteroatoms. The van der Waals surface area contributed by atoms with Crippen LogP contribution >= 0.6 is 0 Å². The van der Waals surface area contributed by atoms with Crippen LogP contribution in [-0.2, 0) is 19.9 Å². The maximum Gasteiger partial charge on any atom is 0.245 e. The van der Waals surface area contributed by atoms with Crippen molar-refractivity contribution in [1.29, 1.82) is 0 Å². The van der Waals surface area contributed by atoms with Crippen LogP contribution in [0.2, 0.25) is 0 Å². The largest absolute Gasteiger partial charge is 0.255 e. The summed E-state index contributed by atoms with van der Waals surface area (Å²) in [5.41, 5.74) is 0.418. The number of para-hydroxylation sites is 1. The summed E-state index contributed by atoms with van der Waals surface area (Å²) in [7, 11) is -6.98. The van der Waals surface area contributed by atoms with Crippen molar-refractivity contribution in [2.45, 2.75) is 30.7 Å². The molecule has 0 amide bonds. The molecule has 1 atom stereocenters. The van der Waals surface area contributed by atoms with Gasteiger partial charge in [-0.05, 0) is 25.0 Å². The molecule has 2 aromatic rings. The molecular weight excluding hydrogens is 348 g/mol. The number of nitrogens with zero attached hydrogens (tertiary/aromatic N) is 2. The Morgan fingerprint density at radius 1 is 1.25 bits per heavy atom. The van der Waals surface area contributed by atoms with Crippen molar-refractivity contribution in [3.8, 4) is 0 Å². The molecular formula is C16H20N2O4S2. The first-order valence-electron chi connectivity index (χ1n) is 7.91. The second-order valence-corrected chi connectivity index (χ2v) is 10.1. The molecule has 2 heterocycles. The Kier molecular flexibility index (Phi) is 4.63. The van der Waals surface area contributed by atoms with Crippen LogP contribution in [-0.4, -0.2) is 50.2 Å². The summed E-state index contributed by atoms with van der Waals surface area (Å²) in [6, 6.07) is 8.10. The van der Waals surface area contributed by atoms with Crippen LogP contribution < -0.4 is 0 Å². The normalized spacial score (nSPS) is 20.7. The van der Waals surface area contributed by atoms with Gasteiger partial charge in [-0.25, -0.2) is 16.8 Å². The molecule has 1 aromatic heterocycles. The summed E-state index contributed by atoms with van der Waals surface area (Å²) in [5, 5.41) is 0.745. The standard InChI is InChI=1S/C16H20N2O4S2/c1-2-10-18(14-8-11-23(19,20)12-14)24(21,22)15-7-3-5-13-6-4-9-17-16(13)15/h3-7,9,14H,2,8,10-12H2,1H3/t14-/m1/s1. The van der Waals surface area contributed by atoms with E-state index in [4.69, 9.17) is 0 Å². The van der Waals surface area contributed by atoms with E-state index < -0.39 is 25.9 Å². The molecule has 0 unspecified atom stereocenters. The van der Waals surface area contributed by atoms with Crippen LogP contribution in [0.4, 0.5) is 0 Å². The highest BCUT2D eigenvalue weighted by Crippen LogP contribution is 2.28. The van der Waals surface area contributed by atoms with E-state index in [9.17, 15) is 16.8 Å². The first kappa shape index (κ1) is 17.3. The number of sulfone groups is 1. The van der Waals surface area contributed by atoms with E-state index in [-0.39, 0.29) is 16.4 Å². The zero-order chi connectivity index (χ0) is 17.4. The molecule has 1 saturated heterocycles. The lowest BCUT2D eigenvalue weighted by molar-refractivity contribution is 0.340. The average Bonchev–Trinajstić information content (AvgIpc) is 2.91. The smallest absolute Gasteiger partial charge is 0.245 e. The van der Waals surface area contributed by atoms with Gasteiger partial charge < -0.3 is 0 Å². The van der Waals surface area contributed by atoms with Gasteiger partial charge in [-0.2, -0.15) is 4.31 Å².